The minimum Gasteiger partial charge on any atom is -0.344 e. The molecule has 1 amide bonds. The molecule has 0 fully saturated rings. The molecule has 0 saturated heterocycles. The number of pyridine rings is 1. The van der Waals surface area contributed by atoms with Crippen molar-refractivity contribution in [1.82, 2.24) is 20.4 Å². The lowest BCUT2D eigenvalue weighted by molar-refractivity contribution is -0.121. The Morgan fingerprint density at radius 1 is 1.14 bits per heavy atom. The zero-order valence-electron chi connectivity index (χ0n) is 16.2. The van der Waals surface area contributed by atoms with Crippen LogP contribution in [-0.4, -0.2) is 21.0 Å². The fourth-order valence-electron chi connectivity index (χ4n) is 3.64. The molecule has 0 radical (unpaired) electrons. The number of aryl methyl sites for hydroxylation is 2. The minimum atomic E-state index is -0.329. The number of hydrogen-bond acceptors (Lipinski definition) is 5. The van der Waals surface area contributed by atoms with Crippen molar-refractivity contribution in [2.45, 2.75) is 45.6 Å². The van der Waals surface area contributed by atoms with Gasteiger partial charge in [0.25, 0.3) is 0 Å². The third kappa shape index (κ3) is 3.96. The van der Waals surface area contributed by atoms with E-state index in [0.717, 1.165) is 24.0 Å². The summed E-state index contributed by atoms with van der Waals surface area (Å²) in [5.74, 6) is 0.995. The summed E-state index contributed by atoms with van der Waals surface area (Å²) in [5, 5.41) is 7.12. The molecule has 1 aromatic carbocycles. The van der Waals surface area contributed by atoms with Crippen molar-refractivity contribution in [2.24, 2.45) is 5.92 Å². The monoisotopic (exact) mass is 376 g/mol. The number of fused-ring (bicyclic) bond motifs is 1. The quantitative estimate of drug-likeness (QED) is 0.710. The largest absolute Gasteiger partial charge is 0.344 e. The second kappa shape index (κ2) is 7.92. The Morgan fingerprint density at radius 3 is 2.71 bits per heavy atom. The molecule has 1 aliphatic carbocycles. The summed E-state index contributed by atoms with van der Waals surface area (Å²) in [4.78, 5) is 21.2. The number of rotatable bonds is 6. The molecule has 6 heteroatoms. The summed E-state index contributed by atoms with van der Waals surface area (Å²) in [7, 11) is 0. The van der Waals surface area contributed by atoms with E-state index in [1.165, 1.54) is 17.5 Å². The third-order valence-electron chi connectivity index (χ3n) is 5.16. The summed E-state index contributed by atoms with van der Waals surface area (Å²) in [6, 6.07) is 9.70. The van der Waals surface area contributed by atoms with Gasteiger partial charge >= 0.3 is 0 Å². The molecule has 1 unspecified atom stereocenters. The van der Waals surface area contributed by atoms with E-state index < -0.39 is 0 Å². The molecule has 0 saturated carbocycles. The van der Waals surface area contributed by atoms with Crippen molar-refractivity contribution in [2.75, 3.05) is 0 Å². The van der Waals surface area contributed by atoms with Crippen LogP contribution in [0.15, 0.2) is 47.2 Å². The molecule has 144 valence electrons. The molecule has 1 atom stereocenters. The Kier molecular flexibility index (Phi) is 5.19. The van der Waals surface area contributed by atoms with Gasteiger partial charge in [0.15, 0.2) is 0 Å². The first-order chi connectivity index (χ1) is 13.6. The predicted molar refractivity (Wildman–Crippen MR) is 105 cm³/mol. The van der Waals surface area contributed by atoms with Crippen LogP contribution in [0.5, 0.6) is 0 Å². The summed E-state index contributed by atoms with van der Waals surface area (Å²) < 4.78 is 5.46. The number of carbonyl (C=O) groups is 1. The van der Waals surface area contributed by atoms with Crippen LogP contribution < -0.4 is 5.32 Å². The molecule has 0 aliphatic heterocycles. The van der Waals surface area contributed by atoms with Gasteiger partial charge in [-0.25, -0.2) is 0 Å². The second-order valence-corrected chi connectivity index (χ2v) is 7.61. The number of benzene rings is 1. The van der Waals surface area contributed by atoms with Crippen LogP contribution in [0, 0.1) is 5.92 Å². The van der Waals surface area contributed by atoms with E-state index in [9.17, 15) is 4.79 Å². The van der Waals surface area contributed by atoms with Gasteiger partial charge in [-0.2, -0.15) is 4.98 Å². The van der Waals surface area contributed by atoms with Crippen LogP contribution in [0.25, 0.3) is 11.4 Å². The zero-order chi connectivity index (χ0) is 19.5. The van der Waals surface area contributed by atoms with Gasteiger partial charge in [-0.05, 0) is 54.0 Å². The number of carbonyl (C=O) groups excluding carboxylic acids is 1. The predicted octanol–water partition coefficient (Wildman–Crippen LogP) is 3.68. The molecular formula is C22H24N4O2. The Labute approximate surface area is 164 Å². The molecule has 28 heavy (non-hydrogen) atoms. The highest BCUT2D eigenvalue weighted by Crippen LogP contribution is 2.25. The topological polar surface area (TPSA) is 80.9 Å². The molecule has 0 spiro atoms. The summed E-state index contributed by atoms with van der Waals surface area (Å²) in [6.45, 7) is 4.05. The van der Waals surface area contributed by atoms with Crippen LogP contribution in [0.4, 0.5) is 0 Å². The first-order valence-corrected chi connectivity index (χ1v) is 9.74. The summed E-state index contributed by atoms with van der Waals surface area (Å²) in [5.41, 5.74) is 4.67. The Bertz CT molecular complexity index is 966. The fraction of sp³-hybridized carbons (Fsp3) is 0.364. The van der Waals surface area contributed by atoms with Gasteiger partial charge in [-0.15, -0.1) is 0 Å². The number of hydrogen-bond donors (Lipinski definition) is 1. The van der Waals surface area contributed by atoms with Gasteiger partial charge in [0, 0.05) is 18.0 Å². The Morgan fingerprint density at radius 2 is 1.93 bits per heavy atom. The molecular weight excluding hydrogens is 352 g/mol. The highest BCUT2D eigenvalue weighted by atomic mass is 16.5. The highest BCUT2D eigenvalue weighted by Gasteiger charge is 2.25. The maximum absolute atomic E-state index is 12.7. The van der Waals surface area contributed by atoms with Crippen LogP contribution in [0.3, 0.4) is 0 Å². The fourth-order valence-corrected chi connectivity index (χ4v) is 3.64. The van der Waals surface area contributed by atoms with Gasteiger partial charge in [0.1, 0.15) is 6.04 Å². The Balaban J connectivity index is 1.46. The van der Waals surface area contributed by atoms with Crippen molar-refractivity contribution in [3.8, 4) is 11.4 Å². The van der Waals surface area contributed by atoms with Crippen molar-refractivity contribution >= 4 is 5.91 Å². The van der Waals surface area contributed by atoms with Gasteiger partial charge in [0.2, 0.25) is 17.6 Å². The standard InChI is InChI=1S/C22H24N4O2/c1-14(2)20(22-25-21(26-28-22)17-8-10-23-11-9-17)24-19(27)13-15-6-7-16-4-3-5-18(16)12-15/h6-12,14,20H,3-5,13H2,1-2H3,(H,24,27). The minimum absolute atomic E-state index is 0.0414. The van der Waals surface area contributed by atoms with Crippen LogP contribution in [0.2, 0.25) is 0 Å². The van der Waals surface area contributed by atoms with Gasteiger partial charge < -0.3 is 9.84 Å². The molecule has 2 heterocycles. The lowest BCUT2D eigenvalue weighted by Gasteiger charge is -2.18. The van der Waals surface area contributed by atoms with Crippen molar-refractivity contribution in [3.05, 3.63) is 65.3 Å². The van der Waals surface area contributed by atoms with Crippen LogP contribution >= 0.6 is 0 Å². The normalized spacial score (nSPS) is 14.1. The molecule has 2 aromatic heterocycles. The summed E-state index contributed by atoms with van der Waals surface area (Å²) >= 11 is 0. The van der Waals surface area contributed by atoms with Gasteiger partial charge in [-0.1, -0.05) is 37.2 Å². The molecule has 6 nitrogen and oxygen atoms in total. The Hall–Kier alpha value is -3.02. The number of aromatic nitrogens is 3. The first-order valence-electron chi connectivity index (χ1n) is 9.74. The van der Waals surface area contributed by atoms with E-state index in [1.54, 1.807) is 12.4 Å². The number of nitrogens with one attached hydrogen (secondary N) is 1. The molecule has 4 rings (SSSR count). The maximum atomic E-state index is 12.7. The van der Waals surface area contributed by atoms with E-state index in [4.69, 9.17) is 4.52 Å². The van der Waals surface area contributed by atoms with Crippen molar-refractivity contribution < 1.29 is 9.32 Å². The second-order valence-electron chi connectivity index (χ2n) is 7.61. The average Bonchev–Trinajstić information content (AvgIpc) is 3.36. The van der Waals surface area contributed by atoms with E-state index in [0.29, 0.717) is 18.1 Å². The van der Waals surface area contributed by atoms with Crippen LogP contribution in [-0.2, 0) is 24.1 Å². The van der Waals surface area contributed by atoms with Gasteiger partial charge in [0.05, 0.1) is 6.42 Å². The highest BCUT2D eigenvalue weighted by molar-refractivity contribution is 5.79. The van der Waals surface area contributed by atoms with E-state index >= 15 is 0 Å². The number of nitrogens with zero attached hydrogens (tertiary/aromatic N) is 3. The zero-order valence-corrected chi connectivity index (χ0v) is 16.2. The van der Waals surface area contributed by atoms with Crippen molar-refractivity contribution in [3.63, 3.8) is 0 Å². The third-order valence-corrected chi connectivity index (χ3v) is 5.16. The lowest BCUT2D eigenvalue weighted by atomic mass is 10.0. The summed E-state index contributed by atoms with van der Waals surface area (Å²) in [6.07, 6.45) is 7.18. The van der Waals surface area contributed by atoms with Crippen LogP contribution in [0.1, 0.15) is 48.9 Å². The molecule has 0 bridgehead atoms. The molecule has 3 aromatic rings. The first kappa shape index (κ1) is 18.3. The van der Waals surface area contributed by atoms with Crippen molar-refractivity contribution in [1.29, 1.82) is 0 Å². The maximum Gasteiger partial charge on any atom is 0.249 e. The SMILES string of the molecule is CC(C)C(NC(=O)Cc1ccc2c(c1)CCC2)c1nc(-c2ccncc2)no1. The van der Waals surface area contributed by atoms with E-state index in [-0.39, 0.29) is 17.9 Å². The van der Waals surface area contributed by atoms with E-state index in [1.807, 2.05) is 26.0 Å². The smallest absolute Gasteiger partial charge is 0.249 e. The van der Waals surface area contributed by atoms with E-state index in [2.05, 4.69) is 38.6 Å². The number of amides is 1. The average molecular weight is 376 g/mol. The molecule has 1 aliphatic rings. The van der Waals surface area contributed by atoms with Gasteiger partial charge in [-0.3, -0.25) is 9.78 Å². The lowest BCUT2D eigenvalue weighted by Crippen LogP contribution is -2.33. The molecule has 1 N–H and O–H groups in total.